The normalized spacial score (nSPS) is 23.8. The van der Waals surface area contributed by atoms with E-state index in [1.165, 1.54) is 12.8 Å². The largest absolute Gasteiger partial charge is 0.377 e. The van der Waals surface area contributed by atoms with E-state index in [4.69, 9.17) is 4.74 Å². The van der Waals surface area contributed by atoms with E-state index in [1.54, 1.807) is 0 Å². The second kappa shape index (κ2) is 6.35. The van der Waals surface area contributed by atoms with E-state index in [1.807, 2.05) is 0 Å². The van der Waals surface area contributed by atoms with Gasteiger partial charge < -0.3 is 15.0 Å². The van der Waals surface area contributed by atoms with E-state index in [9.17, 15) is 0 Å². The maximum absolute atomic E-state index is 5.74. The first-order valence-corrected chi connectivity index (χ1v) is 5.26. The van der Waals surface area contributed by atoms with Gasteiger partial charge in [0.15, 0.2) is 0 Å². The van der Waals surface area contributed by atoms with Gasteiger partial charge in [-0.25, -0.2) is 0 Å². The summed E-state index contributed by atoms with van der Waals surface area (Å²) >= 11 is 0. The SMILES string of the molecule is CN(C)CCCO[C@@H]1CCCNC1. The summed E-state index contributed by atoms with van der Waals surface area (Å²) in [6.07, 6.45) is 4.10. The van der Waals surface area contributed by atoms with Crippen LogP contribution < -0.4 is 5.32 Å². The first-order chi connectivity index (χ1) is 6.29. The molecule has 0 aromatic heterocycles. The van der Waals surface area contributed by atoms with E-state index in [-0.39, 0.29) is 0 Å². The molecule has 1 N–H and O–H groups in total. The Labute approximate surface area is 81.4 Å². The molecule has 3 heteroatoms. The maximum atomic E-state index is 5.74. The van der Waals surface area contributed by atoms with Gasteiger partial charge >= 0.3 is 0 Å². The zero-order valence-corrected chi connectivity index (χ0v) is 8.88. The fourth-order valence-electron chi connectivity index (χ4n) is 1.59. The third-order valence-electron chi connectivity index (χ3n) is 2.35. The molecule has 0 aromatic carbocycles. The first-order valence-electron chi connectivity index (χ1n) is 5.26. The molecule has 0 bridgehead atoms. The summed E-state index contributed by atoms with van der Waals surface area (Å²) < 4.78 is 5.74. The lowest BCUT2D eigenvalue weighted by atomic mass is 10.1. The van der Waals surface area contributed by atoms with Crippen LogP contribution >= 0.6 is 0 Å². The standard InChI is InChI=1S/C10H22N2O/c1-12(2)7-4-8-13-10-5-3-6-11-9-10/h10-11H,3-9H2,1-2H3/t10-/m1/s1. The summed E-state index contributed by atoms with van der Waals surface area (Å²) in [5.41, 5.74) is 0. The molecule has 1 saturated heterocycles. The van der Waals surface area contributed by atoms with Crippen molar-refractivity contribution < 1.29 is 4.74 Å². The zero-order valence-electron chi connectivity index (χ0n) is 8.88. The predicted octanol–water partition coefficient (Wildman–Crippen LogP) is 0.707. The number of nitrogens with one attached hydrogen (secondary N) is 1. The van der Waals surface area contributed by atoms with Gasteiger partial charge in [0.05, 0.1) is 6.10 Å². The molecule has 1 fully saturated rings. The van der Waals surface area contributed by atoms with Crippen molar-refractivity contribution in [2.45, 2.75) is 25.4 Å². The van der Waals surface area contributed by atoms with E-state index in [0.717, 1.165) is 32.7 Å². The van der Waals surface area contributed by atoms with Crippen LogP contribution in [0, 0.1) is 0 Å². The van der Waals surface area contributed by atoms with Crippen molar-refractivity contribution in [1.29, 1.82) is 0 Å². The number of nitrogens with zero attached hydrogens (tertiary/aromatic N) is 1. The minimum Gasteiger partial charge on any atom is -0.377 e. The highest BCUT2D eigenvalue weighted by molar-refractivity contribution is 4.68. The quantitative estimate of drug-likeness (QED) is 0.640. The molecule has 1 aliphatic heterocycles. The third-order valence-corrected chi connectivity index (χ3v) is 2.35. The summed E-state index contributed by atoms with van der Waals surface area (Å²) in [5.74, 6) is 0. The van der Waals surface area contributed by atoms with Crippen molar-refractivity contribution in [2.75, 3.05) is 40.3 Å². The molecule has 78 valence electrons. The Balaban J connectivity index is 1.92. The first kappa shape index (κ1) is 11.0. The highest BCUT2D eigenvalue weighted by Crippen LogP contribution is 2.05. The van der Waals surface area contributed by atoms with E-state index >= 15 is 0 Å². The summed E-state index contributed by atoms with van der Waals surface area (Å²) in [4.78, 5) is 2.20. The van der Waals surface area contributed by atoms with Crippen LogP contribution in [0.5, 0.6) is 0 Å². The molecule has 1 rings (SSSR count). The fourth-order valence-corrected chi connectivity index (χ4v) is 1.59. The molecule has 0 radical (unpaired) electrons. The molecule has 0 aromatic rings. The molecule has 0 saturated carbocycles. The van der Waals surface area contributed by atoms with Crippen LogP contribution in [-0.4, -0.2) is 51.3 Å². The second-order valence-corrected chi connectivity index (χ2v) is 4.00. The van der Waals surface area contributed by atoms with Crippen molar-refractivity contribution in [1.82, 2.24) is 10.2 Å². The van der Waals surface area contributed by atoms with Gasteiger partial charge in [-0.15, -0.1) is 0 Å². The Kier molecular flexibility index (Phi) is 5.35. The van der Waals surface area contributed by atoms with Crippen LogP contribution in [0.3, 0.4) is 0 Å². The average molecular weight is 186 g/mol. The van der Waals surface area contributed by atoms with E-state index in [2.05, 4.69) is 24.3 Å². The number of hydrogen-bond acceptors (Lipinski definition) is 3. The lowest BCUT2D eigenvalue weighted by molar-refractivity contribution is 0.0333. The molecular weight excluding hydrogens is 164 g/mol. The lowest BCUT2D eigenvalue weighted by Crippen LogP contribution is -2.35. The Morgan fingerprint density at radius 2 is 2.31 bits per heavy atom. The van der Waals surface area contributed by atoms with Crippen LogP contribution in [0.15, 0.2) is 0 Å². The number of rotatable bonds is 5. The van der Waals surface area contributed by atoms with Gasteiger partial charge in [0.25, 0.3) is 0 Å². The minimum atomic E-state index is 0.468. The van der Waals surface area contributed by atoms with Gasteiger partial charge in [0, 0.05) is 13.2 Å². The topological polar surface area (TPSA) is 24.5 Å². The van der Waals surface area contributed by atoms with Crippen molar-refractivity contribution >= 4 is 0 Å². The Morgan fingerprint density at radius 3 is 2.92 bits per heavy atom. The number of piperidine rings is 1. The van der Waals surface area contributed by atoms with Crippen LogP contribution in [0.25, 0.3) is 0 Å². The monoisotopic (exact) mass is 186 g/mol. The van der Waals surface area contributed by atoms with Gasteiger partial charge in [-0.05, 0) is 46.4 Å². The van der Waals surface area contributed by atoms with Gasteiger partial charge in [-0.2, -0.15) is 0 Å². The molecule has 1 atom stereocenters. The summed E-state index contributed by atoms with van der Waals surface area (Å²) in [6.45, 7) is 4.24. The molecular formula is C10H22N2O. The molecule has 1 heterocycles. The molecule has 3 nitrogen and oxygen atoms in total. The van der Waals surface area contributed by atoms with Gasteiger partial charge in [0.1, 0.15) is 0 Å². The van der Waals surface area contributed by atoms with Gasteiger partial charge in [-0.3, -0.25) is 0 Å². The molecule has 0 unspecified atom stereocenters. The Bertz CT molecular complexity index is 122. The Morgan fingerprint density at radius 1 is 1.46 bits per heavy atom. The number of ether oxygens (including phenoxy) is 1. The molecule has 0 spiro atoms. The molecule has 13 heavy (non-hydrogen) atoms. The molecule has 0 amide bonds. The smallest absolute Gasteiger partial charge is 0.0699 e. The van der Waals surface area contributed by atoms with Crippen LogP contribution in [0.2, 0.25) is 0 Å². The van der Waals surface area contributed by atoms with E-state index in [0.29, 0.717) is 6.10 Å². The van der Waals surface area contributed by atoms with Gasteiger partial charge in [-0.1, -0.05) is 0 Å². The minimum absolute atomic E-state index is 0.468. The average Bonchev–Trinajstić information content (AvgIpc) is 2.14. The molecule has 0 aliphatic carbocycles. The fraction of sp³-hybridized carbons (Fsp3) is 1.00. The lowest BCUT2D eigenvalue weighted by Gasteiger charge is -2.23. The second-order valence-electron chi connectivity index (χ2n) is 4.00. The van der Waals surface area contributed by atoms with Gasteiger partial charge in [0.2, 0.25) is 0 Å². The number of hydrogen-bond donors (Lipinski definition) is 1. The Hall–Kier alpha value is -0.120. The van der Waals surface area contributed by atoms with Crippen molar-refractivity contribution in [3.8, 4) is 0 Å². The predicted molar refractivity (Wildman–Crippen MR) is 55.0 cm³/mol. The van der Waals surface area contributed by atoms with Crippen molar-refractivity contribution in [3.63, 3.8) is 0 Å². The summed E-state index contributed by atoms with van der Waals surface area (Å²) in [6, 6.07) is 0. The third kappa shape index (κ3) is 5.24. The highest BCUT2D eigenvalue weighted by Gasteiger charge is 2.12. The van der Waals surface area contributed by atoms with Crippen molar-refractivity contribution in [2.24, 2.45) is 0 Å². The summed E-state index contributed by atoms with van der Waals surface area (Å²) in [5, 5.41) is 3.35. The molecule has 1 aliphatic rings. The van der Waals surface area contributed by atoms with Crippen molar-refractivity contribution in [3.05, 3.63) is 0 Å². The highest BCUT2D eigenvalue weighted by atomic mass is 16.5. The summed E-state index contributed by atoms with van der Waals surface area (Å²) in [7, 11) is 4.20. The van der Waals surface area contributed by atoms with Crippen LogP contribution in [-0.2, 0) is 4.74 Å². The zero-order chi connectivity index (χ0) is 9.52. The van der Waals surface area contributed by atoms with Crippen LogP contribution in [0.4, 0.5) is 0 Å². The van der Waals surface area contributed by atoms with E-state index < -0.39 is 0 Å². The van der Waals surface area contributed by atoms with Crippen LogP contribution in [0.1, 0.15) is 19.3 Å². The maximum Gasteiger partial charge on any atom is 0.0699 e.